The number of hydrogen-bond acceptors (Lipinski definition) is 7. The minimum absolute atomic E-state index is 0.123. The van der Waals surface area contributed by atoms with Crippen molar-refractivity contribution >= 4 is 43.3 Å². The van der Waals surface area contributed by atoms with Crippen LogP contribution in [0.4, 0.5) is 11.5 Å². The Kier molecular flexibility index (Phi) is 4.40. The number of nitrogens with one attached hydrogen (secondary N) is 1. The van der Waals surface area contributed by atoms with E-state index in [1.807, 2.05) is 55.5 Å². The molecule has 148 valence electrons. The molecule has 8 heteroatoms. The zero-order valence-corrected chi connectivity index (χ0v) is 17.1. The summed E-state index contributed by atoms with van der Waals surface area (Å²) in [6.45, 7) is 2.01. The zero-order valence-electron chi connectivity index (χ0n) is 16.3. The lowest BCUT2D eigenvalue weighted by atomic mass is 10.2. The average Bonchev–Trinajstić information content (AvgIpc) is 3.16. The molecule has 7 nitrogen and oxygen atoms in total. The van der Waals surface area contributed by atoms with Crippen LogP contribution in [0.3, 0.4) is 0 Å². The van der Waals surface area contributed by atoms with Crippen LogP contribution in [-0.2, 0) is 0 Å². The van der Waals surface area contributed by atoms with Crippen LogP contribution in [0.1, 0.15) is 5.56 Å². The molecule has 0 unspecified atom stereocenters. The van der Waals surface area contributed by atoms with Gasteiger partial charge in [-0.2, -0.15) is 0 Å². The van der Waals surface area contributed by atoms with E-state index in [0.29, 0.717) is 20.9 Å². The number of nitrogens with zero attached hydrogens (tertiary/aromatic N) is 4. The summed E-state index contributed by atoms with van der Waals surface area (Å²) >= 11 is 1.32. The highest BCUT2D eigenvalue weighted by Crippen LogP contribution is 2.34. The van der Waals surface area contributed by atoms with E-state index in [0.717, 1.165) is 28.1 Å². The molecule has 2 aromatic carbocycles. The van der Waals surface area contributed by atoms with Gasteiger partial charge in [0.1, 0.15) is 39.3 Å². The largest absolute Gasteiger partial charge is 0.497 e. The second-order valence-corrected chi connectivity index (χ2v) is 7.79. The number of methoxy groups -OCH3 is 1. The van der Waals surface area contributed by atoms with Crippen LogP contribution >= 0.6 is 11.3 Å². The van der Waals surface area contributed by atoms with Gasteiger partial charge < -0.3 is 10.1 Å². The van der Waals surface area contributed by atoms with Crippen molar-refractivity contribution in [1.29, 1.82) is 0 Å². The number of rotatable bonds is 4. The van der Waals surface area contributed by atoms with Gasteiger partial charge >= 0.3 is 0 Å². The summed E-state index contributed by atoms with van der Waals surface area (Å²) in [4.78, 5) is 27.2. The summed E-state index contributed by atoms with van der Waals surface area (Å²) in [6.07, 6.45) is 3.05. The Hall–Kier alpha value is -3.78. The summed E-state index contributed by atoms with van der Waals surface area (Å²) in [7, 11) is 1.63. The molecule has 5 aromatic rings. The van der Waals surface area contributed by atoms with Gasteiger partial charge in [-0.3, -0.25) is 9.36 Å². The van der Waals surface area contributed by atoms with Crippen LogP contribution in [-0.4, -0.2) is 26.6 Å². The van der Waals surface area contributed by atoms with Crippen molar-refractivity contribution in [2.45, 2.75) is 6.92 Å². The zero-order chi connectivity index (χ0) is 20.7. The highest BCUT2D eigenvalue weighted by molar-refractivity contribution is 7.25. The molecule has 30 heavy (non-hydrogen) atoms. The fraction of sp³-hybridized carbons (Fsp3) is 0.0909. The van der Waals surface area contributed by atoms with Crippen LogP contribution in [0.5, 0.6) is 5.75 Å². The molecule has 3 heterocycles. The van der Waals surface area contributed by atoms with E-state index in [4.69, 9.17) is 4.74 Å². The van der Waals surface area contributed by atoms with E-state index >= 15 is 0 Å². The average molecular weight is 415 g/mol. The van der Waals surface area contributed by atoms with E-state index in [9.17, 15) is 4.79 Å². The van der Waals surface area contributed by atoms with Crippen molar-refractivity contribution in [3.05, 3.63) is 77.1 Å². The van der Waals surface area contributed by atoms with E-state index in [-0.39, 0.29) is 5.56 Å². The van der Waals surface area contributed by atoms with Crippen molar-refractivity contribution in [2.75, 3.05) is 12.4 Å². The lowest BCUT2D eigenvalue weighted by Gasteiger charge is -2.08. The first-order chi connectivity index (χ1) is 14.6. The molecule has 0 aliphatic carbocycles. The quantitative estimate of drug-likeness (QED) is 0.467. The first kappa shape index (κ1) is 18.3. The maximum absolute atomic E-state index is 13.2. The van der Waals surface area contributed by atoms with E-state index in [1.54, 1.807) is 18.0 Å². The predicted molar refractivity (Wildman–Crippen MR) is 119 cm³/mol. The summed E-state index contributed by atoms with van der Waals surface area (Å²) in [5, 5.41) is 4.04. The first-order valence-electron chi connectivity index (χ1n) is 9.27. The van der Waals surface area contributed by atoms with Gasteiger partial charge in [0.15, 0.2) is 0 Å². The number of aryl methyl sites for hydroxylation is 1. The maximum atomic E-state index is 13.2. The smallest absolute Gasteiger partial charge is 0.275 e. The summed E-state index contributed by atoms with van der Waals surface area (Å²) in [5.74, 6) is 1.38. The summed E-state index contributed by atoms with van der Waals surface area (Å²) < 4.78 is 7.31. The minimum Gasteiger partial charge on any atom is -0.497 e. The van der Waals surface area contributed by atoms with Gasteiger partial charge in [0.25, 0.3) is 5.56 Å². The number of aromatic nitrogens is 4. The van der Waals surface area contributed by atoms with Gasteiger partial charge in [0, 0.05) is 5.69 Å². The van der Waals surface area contributed by atoms with Gasteiger partial charge in [-0.25, -0.2) is 15.0 Å². The highest BCUT2D eigenvalue weighted by atomic mass is 32.1. The molecular formula is C22H17N5O2S. The second-order valence-electron chi connectivity index (χ2n) is 6.79. The summed E-state index contributed by atoms with van der Waals surface area (Å²) in [5.41, 5.74) is 3.23. The third kappa shape index (κ3) is 3.07. The minimum atomic E-state index is -0.123. The van der Waals surface area contributed by atoms with Crippen LogP contribution in [0.25, 0.3) is 26.1 Å². The SMILES string of the molecule is COc1ccc(Nc2ncnc3sc4c(=O)n(-c5ccc(C)cc5)cnc4c23)cc1. The van der Waals surface area contributed by atoms with Gasteiger partial charge in [-0.15, -0.1) is 11.3 Å². The third-order valence-corrected chi connectivity index (χ3v) is 5.92. The topological polar surface area (TPSA) is 81.9 Å². The Morgan fingerprint density at radius 2 is 1.77 bits per heavy atom. The molecule has 0 amide bonds. The Morgan fingerprint density at radius 3 is 2.50 bits per heavy atom. The number of thiophene rings is 1. The lowest BCUT2D eigenvalue weighted by Crippen LogP contribution is -2.17. The Morgan fingerprint density at radius 1 is 1.00 bits per heavy atom. The second kappa shape index (κ2) is 7.23. The van der Waals surface area contributed by atoms with Gasteiger partial charge in [0.05, 0.1) is 18.2 Å². The van der Waals surface area contributed by atoms with Gasteiger partial charge in [0.2, 0.25) is 0 Å². The molecular weight excluding hydrogens is 398 g/mol. The number of hydrogen-bond donors (Lipinski definition) is 1. The highest BCUT2D eigenvalue weighted by Gasteiger charge is 2.17. The molecule has 3 aromatic heterocycles. The van der Waals surface area contributed by atoms with Crippen molar-refractivity contribution in [3.63, 3.8) is 0 Å². The number of benzene rings is 2. The van der Waals surface area contributed by atoms with Crippen LogP contribution < -0.4 is 15.6 Å². The molecule has 0 saturated carbocycles. The van der Waals surface area contributed by atoms with Gasteiger partial charge in [-0.1, -0.05) is 17.7 Å². The molecule has 5 rings (SSSR count). The standard InChI is InChI=1S/C22H17N5O2S/c1-13-3-7-15(8-4-13)27-12-25-18-17-20(26-14-5-9-16(29-2)10-6-14)23-11-24-21(17)30-19(18)22(27)28/h3-12H,1-2H3,(H,23,24,26). The number of anilines is 2. The first-order valence-corrected chi connectivity index (χ1v) is 10.1. The fourth-order valence-corrected chi connectivity index (χ4v) is 4.29. The molecule has 0 spiro atoms. The number of ether oxygens (including phenoxy) is 1. The molecule has 1 N–H and O–H groups in total. The Balaban J connectivity index is 1.64. The van der Waals surface area contributed by atoms with Crippen molar-refractivity contribution < 1.29 is 4.74 Å². The van der Waals surface area contributed by atoms with Crippen molar-refractivity contribution in [2.24, 2.45) is 0 Å². The molecule has 0 aliphatic rings. The van der Waals surface area contributed by atoms with Crippen molar-refractivity contribution in [3.8, 4) is 11.4 Å². The Labute approximate surface area is 175 Å². The molecule has 0 fully saturated rings. The molecule has 0 saturated heterocycles. The predicted octanol–water partition coefficient (Wildman–Crippen LogP) is 4.45. The van der Waals surface area contributed by atoms with E-state index < -0.39 is 0 Å². The molecule has 0 radical (unpaired) electrons. The molecule has 0 aliphatic heterocycles. The van der Waals surface area contributed by atoms with Crippen molar-refractivity contribution in [1.82, 2.24) is 19.5 Å². The number of fused-ring (bicyclic) bond motifs is 3. The third-order valence-electron chi connectivity index (χ3n) is 4.84. The lowest BCUT2D eigenvalue weighted by molar-refractivity contribution is 0.415. The van der Waals surface area contributed by atoms with Crippen LogP contribution in [0, 0.1) is 6.92 Å². The maximum Gasteiger partial charge on any atom is 0.275 e. The summed E-state index contributed by atoms with van der Waals surface area (Å²) in [6, 6.07) is 15.3. The van der Waals surface area contributed by atoms with Gasteiger partial charge in [-0.05, 0) is 43.3 Å². The Bertz CT molecular complexity index is 1420. The van der Waals surface area contributed by atoms with Crippen LogP contribution in [0.2, 0.25) is 0 Å². The van der Waals surface area contributed by atoms with Crippen LogP contribution in [0.15, 0.2) is 66.0 Å². The molecule has 0 atom stereocenters. The molecule has 0 bridgehead atoms. The fourth-order valence-electron chi connectivity index (χ4n) is 3.26. The van der Waals surface area contributed by atoms with E-state index in [2.05, 4.69) is 20.3 Å². The van der Waals surface area contributed by atoms with E-state index in [1.165, 1.54) is 17.7 Å². The normalized spacial score (nSPS) is 11.1. The monoisotopic (exact) mass is 415 g/mol.